The molecule has 1 aromatic heterocycles. The number of fused-ring (bicyclic) bond motifs is 2. The third-order valence-electron chi connectivity index (χ3n) is 3.71. The molecule has 2 aromatic carbocycles. The zero-order valence-electron chi connectivity index (χ0n) is 10.9. The van der Waals surface area contributed by atoms with Crippen molar-refractivity contribution in [3.63, 3.8) is 0 Å². The van der Waals surface area contributed by atoms with Gasteiger partial charge in [-0.25, -0.2) is 13.4 Å². The van der Waals surface area contributed by atoms with Gasteiger partial charge in [0.25, 0.3) is 0 Å². The van der Waals surface area contributed by atoms with Crippen LogP contribution in [0.25, 0.3) is 16.7 Å². The molecule has 0 N–H and O–H groups in total. The van der Waals surface area contributed by atoms with Gasteiger partial charge in [-0.2, -0.15) is 0 Å². The van der Waals surface area contributed by atoms with Gasteiger partial charge in [0.1, 0.15) is 5.82 Å². The summed E-state index contributed by atoms with van der Waals surface area (Å²) in [6.07, 6.45) is 0.752. The molecule has 5 heteroatoms. The summed E-state index contributed by atoms with van der Waals surface area (Å²) >= 11 is 0. The molecule has 20 heavy (non-hydrogen) atoms. The monoisotopic (exact) mass is 284 g/mol. The molecule has 0 saturated heterocycles. The average molecular weight is 284 g/mol. The normalized spacial score (nSPS) is 15.2. The second-order valence-corrected chi connectivity index (χ2v) is 6.70. The van der Waals surface area contributed by atoms with Crippen LogP contribution in [0.4, 0.5) is 0 Å². The minimum absolute atomic E-state index is 0.348. The van der Waals surface area contributed by atoms with Crippen LogP contribution in [0, 0.1) is 0 Å². The minimum Gasteiger partial charge on any atom is -0.294 e. The third-order valence-corrected chi connectivity index (χ3v) is 5.54. The van der Waals surface area contributed by atoms with E-state index in [0.717, 1.165) is 17.8 Å². The predicted octanol–water partition coefficient (Wildman–Crippen LogP) is 2.73. The lowest BCUT2D eigenvalue weighted by atomic mass is 10.2. The van der Waals surface area contributed by atoms with Gasteiger partial charge in [-0.15, -0.1) is 0 Å². The number of rotatable bonds is 1. The topological polar surface area (TPSA) is 52.0 Å². The molecule has 0 aliphatic carbocycles. The van der Waals surface area contributed by atoms with Crippen molar-refractivity contribution in [2.45, 2.75) is 23.1 Å². The lowest BCUT2D eigenvalue weighted by Crippen LogP contribution is -2.15. The van der Waals surface area contributed by atoms with Gasteiger partial charge in [-0.1, -0.05) is 25.1 Å². The van der Waals surface area contributed by atoms with Crippen LogP contribution < -0.4 is 0 Å². The first kappa shape index (κ1) is 11.7. The van der Waals surface area contributed by atoms with E-state index in [-0.39, 0.29) is 0 Å². The molecule has 1 aliphatic rings. The third kappa shape index (κ3) is 1.25. The van der Waals surface area contributed by atoms with E-state index in [2.05, 4.69) is 4.98 Å². The minimum atomic E-state index is -3.46. The van der Waals surface area contributed by atoms with Crippen molar-refractivity contribution < 1.29 is 8.42 Å². The smallest absolute Gasteiger partial charge is 0.210 e. The molecule has 3 aromatic rings. The van der Waals surface area contributed by atoms with Gasteiger partial charge >= 0.3 is 0 Å². The van der Waals surface area contributed by atoms with E-state index < -0.39 is 9.84 Å². The lowest BCUT2D eigenvalue weighted by Gasteiger charge is -2.20. The van der Waals surface area contributed by atoms with E-state index in [1.165, 1.54) is 0 Å². The van der Waals surface area contributed by atoms with Crippen LogP contribution >= 0.6 is 0 Å². The highest BCUT2D eigenvalue weighted by atomic mass is 32.2. The van der Waals surface area contributed by atoms with Crippen molar-refractivity contribution in [2.75, 3.05) is 0 Å². The van der Waals surface area contributed by atoms with Crippen LogP contribution in [-0.4, -0.2) is 18.0 Å². The van der Waals surface area contributed by atoms with Crippen LogP contribution in [0.1, 0.15) is 12.7 Å². The Morgan fingerprint density at radius 2 is 1.80 bits per heavy atom. The Morgan fingerprint density at radius 1 is 1.05 bits per heavy atom. The Labute approximate surface area is 116 Å². The molecule has 100 valence electrons. The summed E-state index contributed by atoms with van der Waals surface area (Å²) in [5.74, 6) is 0.884. The van der Waals surface area contributed by atoms with Crippen LogP contribution in [-0.2, 0) is 16.3 Å². The number of imidazole rings is 1. The Morgan fingerprint density at radius 3 is 2.60 bits per heavy atom. The second kappa shape index (κ2) is 3.70. The summed E-state index contributed by atoms with van der Waals surface area (Å²) in [6, 6.07) is 12.4. The second-order valence-electron chi connectivity index (χ2n) is 4.81. The summed E-state index contributed by atoms with van der Waals surface area (Å²) in [7, 11) is -3.46. The van der Waals surface area contributed by atoms with Crippen molar-refractivity contribution in [2.24, 2.45) is 0 Å². The molecule has 1 aliphatic heterocycles. The highest BCUT2D eigenvalue weighted by Crippen LogP contribution is 2.38. The van der Waals surface area contributed by atoms with E-state index in [9.17, 15) is 8.42 Å². The molecule has 4 nitrogen and oxygen atoms in total. The zero-order valence-corrected chi connectivity index (χ0v) is 11.7. The van der Waals surface area contributed by atoms with Crippen molar-refractivity contribution in [1.29, 1.82) is 0 Å². The maximum atomic E-state index is 12.7. The number of nitrogens with zero attached hydrogens (tertiary/aromatic N) is 2. The van der Waals surface area contributed by atoms with Gasteiger partial charge in [-0.3, -0.25) is 4.57 Å². The van der Waals surface area contributed by atoms with Gasteiger partial charge in [0, 0.05) is 6.42 Å². The molecule has 2 heterocycles. The first-order chi connectivity index (χ1) is 9.64. The van der Waals surface area contributed by atoms with Crippen molar-refractivity contribution in [3.05, 3.63) is 48.3 Å². The molecule has 0 unspecified atom stereocenters. The number of sulfone groups is 1. The zero-order chi connectivity index (χ0) is 13.9. The number of benzene rings is 2. The molecule has 0 amide bonds. The average Bonchev–Trinajstić information content (AvgIpc) is 2.84. The van der Waals surface area contributed by atoms with Crippen LogP contribution in [0.15, 0.2) is 52.3 Å². The molecular formula is C15H12N2O2S. The molecule has 0 spiro atoms. The summed E-state index contributed by atoms with van der Waals surface area (Å²) in [4.78, 5) is 5.27. The fourth-order valence-electron chi connectivity index (χ4n) is 2.84. The molecule has 4 rings (SSSR count). The first-order valence-electron chi connectivity index (χ1n) is 6.49. The summed E-state index contributed by atoms with van der Waals surface area (Å²) in [5, 5.41) is 0. The van der Waals surface area contributed by atoms with E-state index in [0.29, 0.717) is 21.0 Å². The van der Waals surface area contributed by atoms with Crippen molar-refractivity contribution in [3.8, 4) is 5.69 Å². The maximum absolute atomic E-state index is 12.7. The Kier molecular flexibility index (Phi) is 2.16. The van der Waals surface area contributed by atoms with Gasteiger partial charge in [-0.05, 0) is 24.3 Å². The highest BCUT2D eigenvalue weighted by molar-refractivity contribution is 7.92. The lowest BCUT2D eigenvalue weighted by molar-refractivity contribution is 0.594. The number of aromatic nitrogens is 2. The Hall–Kier alpha value is -2.14. The Bertz CT molecular complexity index is 955. The van der Waals surface area contributed by atoms with Gasteiger partial charge < -0.3 is 0 Å². The fraction of sp³-hybridized carbons (Fsp3) is 0.133. The van der Waals surface area contributed by atoms with Gasteiger partial charge in [0.15, 0.2) is 0 Å². The van der Waals surface area contributed by atoms with E-state index in [1.54, 1.807) is 24.3 Å². The van der Waals surface area contributed by atoms with Crippen LogP contribution in [0.3, 0.4) is 0 Å². The highest BCUT2D eigenvalue weighted by Gasteiger charge is 2.32. The fourth-order valence-corrected chi connectivity index (χ4v) is 4.48. The summed E-state index contributed by atoms with van der Waals surface area (Å²) < 4.78 is 27.5. The molecular weight excluding hydrogens is 272 g/mol. The van der Waals surface area contributed by atoms with Crippen molar-refractivity contribution >= 4 is 20.9 Å². The standard InChI is InChI=1S/C15H12N2O2S/c1-2-14-16-10-6-5-9-13-15(10)17(14)11-7-3-4-8-12(11)20(13,18)19/h3-9H,2H2,1H3. The number of para-hydroxylation sites is 2. The molecule has 0 fully saturated rings. The number of hydrogen-bond donors (Lipinski definition) is 0. The van der Waals surface area contributed by atoms with Crippen LogP contribution in [0.2, 0.25) is 0 Å². The quantitative estimate of drug-likeness (QED) is 0.540. The maximum Gasteiger partial charge on any atom is 0.210 e. The van der Waals surface area contributed by atoms with E-state index >= 15 is 0 Å². The first-order valence-corrected chi connectivity index (χ1v) is 7.97. The molecule has 0 radical (unpaired) electrons. The summed E-state index contributed by atoms with van der Waals surface area (Å²) in [6.45, 7) is 2.02. The van der Waals surface area contributed by atoms with E-state index in [1.807, 2.05) is 29.7 Å². The SMILES string of the molecule is CCc1nc2cccc3c2n1-c1ccccc1S3(=O)=O. The van der Waals surface area contributed by atoms with Gasteiger partial charge in [0.2, 0.25) is 9.84 Å². The number of hydrogen-bond acceptors (Lipinski definition) is 3. The summed E-state index contributed by atoms with van der Waals surface area (Å²) in [5.41, 5.74) is 2.13. The van der Waals surface area contributed by atoms with Crippen LogP contribution in [0.5, 0.6) is 0 Å². The molecule has 0 bridgehead atoms. The largest absolute Gasteiger partial charge is 0.294 e. The van der Waals surface area contributed by atoms with Gasteiger partial charge in [0.05, 0.1) is 26.5 Å². The molecule has 0 saturated carbocycles. The van der Waals surface area contributed by atoms with Crippen molar-refractivity contribution in [1.82, 2.24) is 9.55 Å². The predicted molar refractivity (Wildman–Crippen MR) is 75.9 cm³/mol. The van der Waals surface area contributed by atoms with E-state index in [4.69, 9.17) is 0 Å². The number of aryl methyl sites for hydroxylation is 1. The molecule has 0 atom stereocenters. The Balaban J connectivity index is 2.33.